The Bertz CT molecular complexity index is 308. The fraction of sp³-hybridized carbons (Fsp3) is 0.455. The van der Waals surface area contributed by atoms with Crippen LogP contribution in [0.15, 0.2) is 24.3 Å². The van der Waals surface area contributed by atoms with Crippen LogP contribution in [-0.2, 0) is 4.74 Å². The van der Waals surface area contributed by atoms with Crippen molar-refractivity contribution in [3.05, 3.63) is 34.9 Å². The lowest BCUT2D eigenvalue weighted by atomic mass is 9.95. The third-order valence-electron chi connectivity index (χ3n) is 2.60. The summed E-state index contributed by atoms with van der Waals surface area (Å²) < 4.78 is 5.24. The van der Waals surface area contributed by atoms with Crippen LogP contribution >= 0.6 is 11.6 Å². The molecule has 14 heavy (non-hydrogen) atoms. The van der Waals surface area contributed by atoms with Crippen molar-refractivity contribution in [3.8, 4) is 0 Å². The van der Waals surface area contributed by atoms with Gasteiger partial charge in [-0.15, -0.1) is 0 Å². The molecule has 0 amide bonds. The summed E-state index contributed by atoms with van der Waals surface area (Å²) in [5.41, 5.74) is 0.882. The van der Waals surface area contributed by atoms with Gasteiger partial charge < -0.3 is 9.84 Å². The smallest absolute Gasteiger partial charge is 0.0841 e. The van der Waals surface area contributed by atoms with Crippen molar-refractivity contribution in [2.24, 2.45) is 5.92 Å². The fourth-order valence-electron chi connectivity index (χ4n) is 1.76. The average molecular weight is 213 g/mol. The number of halogens is 1. The van der Waals surface area contributed by atoms with E-state index in [1.54, 1.807) is 0 Å². The summed E-state index contributed by atoms with van der Waals surface area (Å²) in [4.78, 5) is 0. The van der Waals surface area contributed by atoms with E-state index in [1.165, 1.54) is 0 Å². The molecule has 0 aromatic heterocycles. The molecule has 1 N–H and O–H groups in total. The summed E-state index contributed by atoms with van der Waals surface area (Å²) in [5, 5.41) is 10.7. The third-order valence-corrected chi connectivity index (χ3v) is 2.84. The lowest BCUT2D eigenvalue weighted by Gasteiger charge is -2.16. The molecular formula is C11H13ClO2. The number of aliphatic hydroxyl groups is 1. The second kappa shape index (κ2) is 4.30. The number of aliphatic hydroxyl groups excluding tert-OH is 1. The first-order valence-electron chi connectivity index (χ1n) is 4.78. The third kappa shape index (κ3) is 2.08. The molecule has 1 aliphatic heterocycles. The van der Waals surface area contributed by atoms with Crippen molar-refractivity contribution in [2.75, 3.05) is 13.2 Å². The van der Waals surface area contributed by atoms with Gasteiger partial charge in [0.1, 0.15) is 0 Å². The molecule has 3 heteroatoms. The molecule has 1 aromatic carbocycles. The summed E-state index contributed by atoms with van der Waals surface area (Å²) in [6, 6.07) is 7.37. The maximum Gasteiger partial charge on any atom is 0.0841 e. The van der Waals surface area contributed by atoms with E-state index in [9.17, 15) is 5.11 Å². The topological polar surface area (TPSA) is 29.5 Å². The van der Waals surface area contributed by atoms with Crippen LogP contribution in [0.25, 0.3) is 0 Å². The molecule has 76 valence electrons. The average Bonchev–Trinajstić information content (AvgIpc) is 2.69. The van der Waals surface area contributed by atoms with E-state index in [1.807, 2.05) is 24.3 Å². The zero-order valence-corrected chi connectivity index (χ0v) is 8.57. The lowest BCUT2D eigenvalue weighted by Crippen LogP contribution is -2.12. The molecule has 2 unspecified atom stereocenters. The SMILES string of the molecule is OC(c1cccc(Cl)c1)C1CCOC1. The summed E-state index contributed by atoms with van der Waals surface area (Å²) in [5.74, 6) is 0.216. The van der Waals surface area contributed by atoms with Crippen molar-refractivity contribution in [1.82, 2.24) is 0 Å². The van der Waals surface area contributed by atoms with Gasteiger partial charge in [0.15, 0.2) is 0 Å². The fourth-order valence-corrected chi connectivity index (χ4v) is 1.96. The first-order valence-corrected chi connectivity index (χ1v) is 5.16. The molecule has 0 spiro atoms. The van der Waals surface area contributed by atoms with Gasteiger partial charge in [-0.1, -0.05) is 23.7 Å². The maximum absolute atomic E-state index is 10.0. The van der Waals surface area contributed by atoms with Crippen LogP contribution in [0.1, 0.15) is 18.1 Å². The molecule has 1 aromatic rings. The quantitative estimate of drug-likeness (QED) is 0.816. The highest BCUT2D eigenvalue weighted by molar-refractivity contribution is 6.30. The van der Waals surface area contributed by atoms with E-state index in [2.05, 4.69) is 0 Å². The second-order valence-electron chi connectivity index (χ2n) is 3.62. The normalized spacial score (nSPS) is 23.7. The summed E-state index contributed by atoms with van der Waals surface area (Å²) in [6.07, 6.45) is 0.476. The van der Waals surface area contributed by atoms with Gasteiger partial charge in [-0.05, 0) is 24.1 Å². The van der Waals surface area contributed by atoms with Crippen LogP contribution in [0.3, 0.4) is 0 Å². The van der Waals surface area contributed by atoms with Crippen molar-refractivity contribution in [3.63, 3.8) is 0 Å². The summed E-state index contributed by atoms with van der Waals surface area (Å²) in [6.45, 7) is 1.40. The van der Waals surface area contributed by atoms with Crippen LogP contribution < -0.4 is 0 Å². The Labute approximate surface area is 88.5 Å². The Morgan fingerprint density at radius 2 is 2.36 bits per heavy atom. The number of benzene rings is 1. The highest BCUT2D eigenvalue weighted by atomic mass is 35.5. The van der Waals surface area contributed by atoms with Gasteiger partial charge in [0.2, 0.25) is 0 Å². The molecule has 2 atom stereocenters. The first kappa shape index (κ1) is 9.97. The molecule has 0 radical (unpaired) electrons. The number of rotatable bonds is 2. The van der Waals surface area contributed by atoms with Gasteiger partial charge in [-0.3, -0.25) is 0 Å². The largest absolute Gasteiger partial charge is 0.388 e. The Balaban J connectivity index is 2.13. The minimum absolute atomic E-state index is 0.216. The Hall–Kier alpha value is -0.570. The van der Waals surface area contributed by atoms with Gasteiger partial charge in [0, 0.05) is 17.5 Å². The first-order chi connectivity index (χ1) is 6.77. The van der Waals surface area contributed by atoms with Crippen molar-refractivity contribution >= 4 is 11.6 Å². The monoisotopic (exact) mass is 212 g/mol. The van der Waals surface area contributed by atoms with E-state index in [-0.39, 0.29) is 5.92 Å². The Kier molecular flexibility index (Phi) is 3.06. The van der Waals surface area contributed by atoms with Crippen LogP contribution in [-0.4, -0.2) is 18.3 Å². The molecule has 2 nitrogen and oxygen atoms in total. The minimum Gasteiger partial charge on any atom is -0.388 e. The molecule has 1 fully saturated rings. The molecule has 0 saturated carbocycles. The maximum atomic E-state index is 10.0. The van der Waals surface area contributed by atoms with E-state index in [4.69, 9.17) is 16.3 Å². The molecule has 0 bridgehead atoms. The van der Waals surface area contributed by atoms with E-state index in [0.29, 0.717) is 11.6 Å². The van der Waals surface area contributed by atoms with E-state index < -0.39 is 6.10 Å². The molecule has 0 aliphatic carbocycles. The highest BCUT2D eigenvalue weighted by Gasteiger charge is 2.25. The predicted octanol–water partition coefficient (Wildman–Crippen LogP) is 2.41. The molecule has 1 saturated heterocycles. The second-order valence-corrected chi connectivity index (χ2v) is 4.06. The van der Waals surface area contributed by atoms with Crippen molar-refractivity contribution in [1.29, 1.82) is 0 Å². The highest BCUT2D eigenvalue weighted by Crippen LogP contribution is 2.29. The van der Waals surface area contributed by atoms with Gasteiger partial charge in [0.25, 0.3) is 0 Å². The predicted molar refractivity (Wildman–Crippen MR) is 55.3 cm³/mol. The Morgan fingerprint density at radius 1 is 1.50 bits per heavy atom. The summed E-state index contributed by atoms with van der Waals surface area (Å²) in [7, 11) is 0. The zero-order chi connectivity index (χ0) is 9.97. The van der Waals surface area contributed by atoms with Crippen LogP contribution in [0.2, 0.25) is 5.02 Å². The van der Waals surface area contributed by atoms with E-state index in [0.717, 1.165) is 18.6 Å². The Morgan fingerprint density at radius 3 is 3.00 bits per heavy atom. The molecular weight excluding hydrogens is 200 g/mol. The van der Waals surface area contributed by atoms with Gasteiger partial charge in [-0.25, -0.2) is 0 Å². The summed E-state index contributed by atoms with van der Waals surface area (Å²) >= 11 is 5.85. The number of hydrogen-bond acceptors (Lipinski definition) is 2. The van der Waals surface area contributed by atoms with Crippen molar-refractivity contribution in [2.45, 2.75) is 12.5 Å². The van der Waals surface area contributed by atoms with Crippen LogP contribution in [0.5, 0.6) is 0 Å². The molecule has 1 heterocycles. The van der Waals surface area contributed by atoms with Crippen molar-refractivity contribution < 1.29 is 9.84 Å². The molecule has 2 rings (SSSR count). The van der Waals surface area contributed by atoms with E-state index >= 15 is 0 Å². The lowest BCUT2D eigenvalue weighted by molar-refractivity contribution is 0.0918. The zero-order valence-electron chi connectivity index (χ0n) is 7.82. The molecule has 1 aliphatic rings. The minimum atomic E-state index is -0.448. The standard InChI is InChI=1S/C11H13ClO2/c12-10-3-1-2-8(6-10)11(13)9-4-5-14-7-9/h1-3,6,9,11,13H,4-5,7H2. The van der Waals surface area contributed by atoms with Gasteiger partial charge >= 0.3 is 0 Å². The van der Waals surface area contributed by atoms with Gasteiger partial charge in [0.05, 0.1) is 12.7 Å². The van der Waals surface area contributed by atoms with Crippen LogP contribution in [0.4, 0.5) is 0 Å². The van der Waals surface area contributed by atoms with Crippen LogP contribution in [0, 0.1) is 5.92 Å². The van der Waals surface area contributed by atoms with Gasteiger partial charge in [-0.2, -0.15) is 0 Å². The number of ether oxygens (including phenoxy) is 1. The number of hydrogen-bond donors (Lipinski definition) is 1.